The zero-order chi connectivity index (χ0) is 34.2. The van der Waals surface area contributed by atoms with E-state index in [0.29, 0.717) is 53.0 Å². The summed E-state index contributed by atoms with van der Waals surface area (Å²) in [5.74, 6) is 2.11. The quantitative estimate of drug-likeness (QED) is 0.179. The maximum Gasteiger partial charge on any atom is 0.334 e. The monoisotopic (exact) mass is 710 g/mol. The van der Waals surface area contributed by atoms with E-state index < -0.39 is 17.8 Å². The molecule has 0 aromatic carbocycles. The number of allylic oxidation sites excluding steroid dienone is 3. The lowest BCUT2D eigenvalue weighted by Gasteiger charge is -2.45. The number of imide groups is 2. The molecular formula is C39H58N4O4S2. The van der Waals surface area contributed by atoms with Crippen molar-refractivity contribution in [2.24, 2.45) is 23.7 Å². The molecule has 8 nitrogen and oxygen atoms in total. The molecule has 3 saturated heterocycles. The number of urea groups is 1. The Morgan fingerprint density at radius 2 is 1.33 bits per heavy atom. The van der Waals surface area contributed by atoms with Gasteiger partial charge in [-0.05, 0) is 93.3 Å². The van der Waals surface area contributed by atoms with E-state index in [-0.39, 0.29) is 18.7 Å². The van der Waals surface area contributed by atoms with Crippen LogP contribution in [0.3, 0.4) is 0 Å². The Kier molecular flexibility index (Phi) is 11.1. The molecule has 0 aromatic rings. The number of ether oxygens (including phenoxy) is 1. The number of hydrogen-bond donors (Lipinski definition) is 0. The van der Waals surface area contributed by atoms with E-state index in [2.05, 4.69) is 42.8 Å². The largest absolute Gasteiger partial charge is 0.383 e. The molecule has 3 heterocycles. The minimum Gasteiger partial charge on any atom is -0.383 e. The molecule has 10 heteroatoms. The second-order valence-electron chi connectivity index (χ2n) is 15.6. The summed E-state index contributed by atoms with van der Waals surface area (Å²) >= 11 is 3.92. The summed E-state index contributed by atoms with van der Waals surface area (Å²) in [5.41, 5.74) is 0.799. The number of barbiturate groups is 1. The van der Waals surface area contributed by atoms with Gasteiger partial charge < -0.3 is 14.5 Å². The van der Waals surface area contributed by atoms with E-state index in [1.54, 1.807) is 7.11 Å². The highest BCUT2D eigenvalue weighted by Gasteiger charge is 2.50. The molecular weight excluding hydrogens is 653 g/mol. The van der Waals surface area contributed by atoms with E-state index in [1.165, 1.54) is 91.9 Å². The highest BCUT2D eigenvalue weighted by molar-refractivity contribution is 8.04. The second kappa shape index (κ2) is 15.4. The average molecular weight is 711 g/mol. The summed E-state index contributed by atoms with van der Waals surface area (Å²) in [6, 6.07) is 0.477. The lowest BCUT2D eigenvalue weighted by molar-refractivity contribution is -0.136. The molecule has 4 saturated carbocycles. The molecule has 49 heavy (non-hydrogen) atoms. The molecule has 4 aliphatic carbocycles. The predicted molar refractivity (Wildman–Crippen MR) is 199 cm³/mol. The maximum atomic E-state index is 14.4. The van der Waals surface area contributed by atoms with Crippen molar-refractivity contribution in [3.63, 3.8) is 0 Å². The van der Waals surface area contributed by atoms with Crippen molar-refractivity contribution < 1.29 is 19.1 Å². The zero-order valence-corrected chi connectivity index (χ0v) is 31.9. The molecule has 7 rings (SSSR count). The fraction of sp³-hybridized carbons (Fsp3) is 0.769. The summed E-state index contributed by atoms with van der Waals surface area (Å²) < 4.78 is 5.32. The zero-order valence-electron chi connectivity index (χ0n) is 30.2. The van der Waals surface area contributed by atoms with Gasteiger partial charge in [-0.15, -0.1) is 23.5 Å². The lowest BCUT2D eigenvalue weighted by atomic mass is 9.68. The molecule has 8 unspecified atom stereocenters. The first-order chi connectivity index (χ1) is 23.9. The van der Waals surface area contributed by atoms with Gasteiger partial charge in [0.05, 0.1) is 23.2 Å². The standard InChI is InChI=1S/C39H58N4O4S2/c1-5-7-20-42-37(44)34(38(45)43(39(42)46)21-22-47-4)27(23-32-40(3)35-28-14-10-8-12-25(28)16-18-30(35)48-32)24-33-41(6-2)36-29-15-11-9-13-26(29)17-19-31(36)49-33/h23-26,28-31,35-36H,5-22H2,1-4H3/b32-23+,33-24-,34-27+. The number of amides is 4. The normalized spacial score (nSPS) is 37.5. The Bertz CT molecular complexity index is 1350. The van der Waals surface area contributed by atoms with Gasteiger partial charge >= 0.3 is 6.03 Å². The van der Waals surface area contributed by atoms with E-state index in [9.17, 15) is 14.4 Å². The van der Waals surface area contributed by atoms with Gasteiger partial charge in [-0.2, -0.15) is 0 Å². The first-order valence-electron chi connectivity index (χ1n) is 19.5. The lowest BCUT2D eigenvalue weighted by Crippen LogP contribution is -2.57. The van der Waals surface area contributed by atoms with Crippen molar-refractivity contribution >= 4 is 41.4 Å². The van der Waals surface area contributed by atoms with Crippen LogP contribution in [0.5, 0.6) is 0 Å². The van der Waals surface area contributed by atoms with Crippen LogP contribution < -0.4 is 0 Å². The molecule has 0 N–H and O–H groups in total. The summed E-state index contributed by atoms with van der Waals surface area (Å²) in [5, 5.41) is 3.40. The Morgan fingerprint density at radius 3 is 1.96 bits per heavy atom. The van der Waals surface area contributed by atoms with Gasteiger partial charge in [0.2, 0.25) is 0 Å². The van der Waals surface area contributed by atoms with Gasteiger partial charge in [-0.25, -0.2) is 4.79 Å². The number of rotatable bonds is 9. The van der Waals surface area contributed by atoms with Gasteiger partial charge in [0.15, 0.2) is 0 Å². The van der Waals surface area contributed by atoms with Crippen molar-refractivity contribution in [3.05, 3.63) is 33.4 Å². The van der Waals surface area contributed by atoms with Crippen molar-refractivity contribution in [1.82, 2.24) is 19.6 Å². The number of hydrogen-bond acceptors (Lipinski definition) is 8. The fourth-order valence-electron chi connectivity index (χ4n) is 10.6. The van der Waals surface area contributed by atoms with E-state index in [0.717, 1.165) is 29.8 Å². The number of methoxy groups -OCH3 is 1. The van der Waals surface area contributed by atoms with E-state index in [4.69, 9.17) is 4.74 Å². The van der Waals surface area contributed by atoms with Gasteiger partial charge in [-0.3, -0.25) is 19.4 Å². The van der Waals surface area contributed by atoms with Crippen molar-refractivity contribution in [2.45, 2.75) is 126 Å². The average Bonchev–Trinajstić information content (AvgIpc) is 3.64. The molecule has 270 valence electrons. The third kappa shape index (κ3) is 6.65. The smallest absolute Gasteiger partial charge is 0.334 e. The molecule has 4 amide bonds. The van der Waals surface area contributed by atoms with E-state index >= 15 is 0 Å². The highest BCUT2D eigenvalue weighted by Crippen LogP contribution is 2.55. The Morgan fingerprint density at radius 1 is 0.755 bits per heavy atom. The third-order valence-corrected chi connectivity index (χ3v) is 15.9. The van der Waals surface area contributed by atoms with Crippen LogP contribution in [-0.4, -0.2) is 100 Å². The Hall–Kier alpha value is -1.91. The number of carbonyl (C=O) groups is 3. The van der Waals surface area contributed by atoms with Crippen molar-refractivity contribution in [1.29, 1.82) is 0 Å². The van der Waals surface area contributed by atoms with Crippen LogP contribution in [0.25, 0.3) is 0 Å². The fourth-order valence-corrected chi connectivity index (χ4v) is 13.8. The summed E-state index contributed by atoms with van der Waals surface area (Å²) in [6.45, 7) is 5.88. The predicted octanol–water partition coefficient (Wildman–Crippen LogP) is 7.63. The first kappa shape index (κ1) is 35.5. The van der Waals surface area contributed by atoms with Gasteiger partial charge in [0, 0.05) is 49.8 Å². The summed E-state index contributed by atoms with van der Waals surface area (Å²) in [4.78, 5) is 50.2. The third-order valence-electron chi connectivity index (χ3n) is 13.0. The SMILES string of the molecule is CCCCN1C(=O)/C(=C(\C=C2/SC3CCC4CCCCC4C3N2CC)/C=C2/SC3CCC4CCCCC4C3N2C)C(=O)N(CCOC)C1=O. The van der Waals surface area contributed by atoms with Crippen LogP contribution in [-0.2, 0) is 14.3 Å². The van der Waals surface area contributed by atoms with Crippen LogP contribution in [0.1, 0.15) is 104 Å². The van der Waals surface area contributed by atoms with Crippen LogP contribution in [0.15, 0.2) is 33.4 Å². The minimum atomic E-state index is -0.523. The van der Waals surface area contributed by atoms with Crippen LogP contribution >= 0.6 is 23.5 Å². The van der Waals surface area contributed by atoms with Gasteiger partial charge in [0.25, 0.3) is 11.8 Å². The minimum absolute atomic E-state index is 0.124. The van der Waals surface area contributed by atoms with Gasteiger partial charge in [-0.1, -0.05) is 51.9 Å². The molecule has 3 aliphatic heterocycles. The number of fused-ring (bicyclic) bond motifs is 6. The molecule has 0 aromatic heterocycles. The summed E-state index contributed by atoms with van der Waals surface area (Å²) in [6.07, 6.45) is 21.6. The number of unbranched alkanes of at least 4 members (excludes halogenated alkanes) is 1. The van der Waals surface area contributed by atoms with E-state index in [1.807, 2.05) is 23.5 Å². The number of nitrogens with zero attached hydrogens (tertiary/aromatic N) is 4. The molecule has 0 radical (unpaired) electrons. The van der Waals surface area contributed by atoms with Crippen LogP contribution in [0.4, 0.5) is 4.79 Å². The number of thioether (sulfide) groups is 2. The highest BCUT2D eigenvalue weighted by atomic mass is 32.2. The number of carbonyl (C=O) groups excluding carboxylic acids is 3. The first-order valence-corrected chi connectivity index (χ1v) is 21.3. The topological polar surface area (TPSA) is 73.4 Å². The van der Waals surface area contributed by atoms with Crippen LogP contribution in [0.2, 0.25) is 0 Å². The van der Waals surface area contributed by atoms with Gasteiger partial charge in [0.1, 0.15) is 5.57 Å². The molecule has 8 atom stereocenters. The molecule has 7 fully saturated rings. The summed E-state index contributed by atoms with van der Waals surface area (Å²) in [7, 11) is 3.81. The van der Waals surface area contributed by atoms with Crippen LogP contribution in [0, 0.1) is 23.7 Å². The molecule has 7 aliphatic rings. The second-order valence-corrected chi connectivity index (χ2v) is 18.1. The Labute approximate surface area is 302 Å². The maximum absolute atomic E-state index is 14.4. The molecule has 0 bridgehead atoms. The Balaban J connectivity index is 1.32. The van der Waals surface area contributed by atoms with Crippen molar-refractivity contribution in [2.75, 3.05) is 40.4 Å². The molecule has 0 spiro atoms. The van der Waals surface area contributed by atoms with Crippen molar-refractivity contribution in [3.8, 4) is 0 Å².